The van der Waals surface area contributed by atoms with Gasteiger partial charge in [-0.05, 0) is 75.4 Å². The number of alkyl halides is 3. The monoisotopic (exact) mass is 720 g/mol. The number of amides is 2. The molecule has 0 radical (unpaired) electrons. The van der Waals surface area contributed by atoms with Crippen LogP contribution in [0.2, 0.25) is 5.15 Å². The first kappa shape index (κ1) is 34.8. The van der Waals surface area contributed by atoms with E-state index in [0.717, 1.165) is 24.4 Å². The van der Waals surface area contributed by atoms with E-state index in [2.05, 4.69) is 15.2 Å². The molecule has 11 nitrogen and oxygen atoms in total. The second kappa shape index (κ2) is 13.0. The van der Waals surface area contributed by atoms with Gasteiger partial charge in [-0.1, -0.05) is 17.7 Å². The summed E-state index contributed by atoms with van der Waals surface area (Å²) in [6.07, 6.45) is -4.91. The molecule has 3 aromatic rings. The van der Waals surface area contributed by atoms with Crippen LogP contribution >= 0.6 is 11.6 Å². The molecule has 0 bridgehead atoms. The minimum absolute atomic E-state index is 0.0188. The summed E-state index contributed by atoms with van der Waals surface area (Å²) in [6.45, 7) is 7.85. The van der Waals surface area contributed by atoms with E-state index in [1.165, 1.54) is 28.6 Å². The molecule has 6 rings (SSSR count). The van der Waals surface area contributed by atoms with Crippen molar-refractivity contribution in [2.24, 2.45) is 5.92 Å². The summed E-state index contributed by atoms with van der Waals surface area (Å²) < 4.78 is 73.2. The number of carbonyl (C=O) groups is 2. The van der Waals surface area contributed by atoms with Crippen LogP contribution in [0.1, 0.15) is 36.7 Å². The average molecular weight is 721 g/mol. The molecule has 0 saturated carbocycles. The first-order valence-electron chi connectivity index (χ1n) is 15.7. The van der Waals surface area contributed by atoms with E-state index in [9.17, 15) is 31.2 Å². The van der Waals surface area contributed by atoms with Crippen molar-refractivity contribution in [3.05, 3.63) is 76.9 Å². The second-order valence-electron chi connectivity index (χ2n) is 13.3. The average Bonchev–Trinajstić information content (AvgIpc) is 3.35. The molecule has 2 amide bonds. The molecule has 1 N–H and O–H groups in total. The number of aromatic nitrogens is 1. The summed E-state index contributed by atoms with van der Waals surface area (Å²) >= 11 is 5.82. The number of nitrogens with one attached hydrogen (secondary N) is 1. The Labute approximate surface area is 287 Å². The number of piperazine rings is 1. The van der Waals surface area contributed by atoms with Gasteiger partial charge in [0, 0.05) is 68.7 Å². The molecule has 2 atom stereocenters. The number of pyridine rings is 1. The lowest BCUT2D eigenvalue weighted by molar-refractivity contribution is -0.137. The maximum Gasteiger partial charge on any atom is 0.416 e. The van der Waals surface area contributed by atoms with Crippen molar-refractivity contribution in [3.8, 4) is 0 Å². The van der Waals surface area contributed by atoms with Crippen LogP contribution < -0.4 is 15.1 Å². The highest BCUT2D eigenvalue weighted by atomic mass is 35.5. The smallest absolute Gasteiger partial charge is 0.416 e. The maximum absolute atomic E-state index is 13.4. The van der Waals surface area contributed by atoms with Gasteiger partial charge in [-0.25, -0.2) is 18.2 Å². The van der Waals surface area contributed by atoms with Gasteiger partial charge >= 0.3 is 12.3 Å². The van der Waals surface area contributed by atoms with Crippen LogP contribution in [-0.2, 0) is 20.9 Å². The molecule has 262 valence electrons. The molecule has 3 aliphatic rings. The van der Waals surface area contributed by atoms with Crippen molar-refractivity contribution in [2.45, 2.75) is 43.5 Å². The maximum atomic E-state index is 13.4. The fourth-order valence-electron chi connectivity index (χ4n) is 6.25. The van der Waals surface area contributed by atoms with E-state index in [0.29, 0.717) is 30.3 Å². The fraction of sp³-hybridized carbons (Fsp3) is 0.424. The number of anilines is 3. The molecule has 3 saturated heterocycles. The van der Waals surface area contributed by atoms with Gasteiger partial charge in [-0.15, -0.1) is 0 Å². The quantitative estimate of drug-likeness (QED) is 0.329. The van der Waals surface area contributed by atoms with E-state index in [1.54, 1.807) is 28.0 Å². The van der Waals surface area contributed by atoms with E-state index in [4.69, 9.17) is 16.3 Å². The van der Waals surface area contributed by atoms with E-state index in [1.807, 2.05) is 26.8 Å². The number of fused-ring (bicyclic) bond motifs is 1. The van der Waals surface area contributed by atoms with Crippen LogP contribution in [0.3, 0.4) is 0 Å². The third-order valence-corrected chi connectivity index (χ3v) is 10.9. The molecule has 3 aliphatic heterocycles. The Balaban J connectivity index is 1.04. The van der Waals surface area contributed by atoms with Crippen LogP contribution in [0.25, 0.3) is 0 Å². The molecule has 16 heteroatoms. The molecule has 49 heavy (non-hydrogen) atoms. The molecule has 2 unspecified atom stereocenters. The highest BCUT2D eigenvalue weighted by Crippen LogP contribution is 2.37. The van der Waals surface area contributed by atoms with Crippen molar-refractivity contribution in [2.75, 3.05) is 60.9 Å². The van der Waals surface area contributed by atoms with Gasteiger partial charge in [-0.3, -0.25) is 4.79 Å². The largest absolute Gasteiger partial charge is 0.444 e. The minimum Gasteiger partial charge on any atom is -0.444 e. The lowest BCUT2D eigenvalue weighted by Gasteiger charge is -2.43. The molecular weight excluding hydrogens is 685 g/mol. The van der Waals surface area contributed by atoms with Gasteiger partial charge < -0.3 is 24.8 Å². The Hall–Kier alpha value is -4.08. The number of halogens is 4. The summed E-state index contributed by atoms with van der Waals surface area (Å²) in [5.74, 6) is -0.00979. The lowest BCUT2D eigenvalue weighted by Crippen LogP contribution is -2.59. The third kappa shape index (κ3) is 7.58. The molecule has 3 fully saturated rings. The highest BCUT2D eigenvalue weighted by molar-refractivity contribution is 7.89. The van der Waals surface area contributed by atoms with Crippen LogP contribution in [0.15, 0.2) is 65.6 Å². The standard InChI is InChI=1S/C33H36ClF3N6O5S/c1-32(2,3)48-31(45)43-19-22-18-41(20-27(22)43)25-6-4-5-21(15-25)30(44)38-24-7-9-26(10-8-24)49(46,47)42-13-11-40(12-14-42)29-17-23(33(35,36)37)16-28(34)39-29/h4-10,15-17,22,27H,11-14,18-20H2,1-3H3,(H,38,44). The topological polar surface area (TPSA) is 115 Å². The van der Waals surface area contributed by atoms with Gasteiger partial charge in [0.15, 0.2) is 0 Å². The normalized spacial score (nSPS) is 20.1. The molecule has 4 heterocycles. The van der Waals surface area contributed by atoms with Crippen LogP contribution in [-0.4, -0.2) is 92.1 Å². The van der Waals surface area contributed by atoms with Crippen LogP contribution in [0.5, 0.6) is 0 Å². The zero-order valence-corrected chi connectivity index (χ0v) is 28.6. The minimum atomic E-state index is -4.59. The Morgan fingerprint density at radius 3 is 2.27 bits per heavy atom. The Bertz CT molecular complexity index is 1850. The number of nitrogens with zero attached hydrogens (tertiary/aromatic N) is 5. The lowest BCUT2D eigenvalue weighted by atomic mass is 9.93. The van der Waals surface area contributed by atoms with Crippen molar-refractivity contribution < 1.29 is 35.9 Å². The Kier molecular flexibility index (Phi) is 9.22. The van der Waals surface area contributed by atoms with Crippen LogP contribution in [0, 0.1) is 5.92 Å². The van der Waals surface area contributed by atoms with Crippen molar-refractivity contribution in [1.29, 1.82) is 0 Å². The Morgan fingerprint density at radius 1 is 0.918 bits per heavy atom. The number of sulfonamides is 1. The van der Waals surface area contributed by atoms with Gasteiger partial charge in [-0.2, -0.15) is 17.5 Å². The zero-order chi connectivity index (χ0) is 35.3. The first-order valence-corrected chi connectivity index (χ1v) is 17.6. The molecule has 0 spiro atoms. The zero-order valence-electron chi connectivity index (χ0n) is 27.1. The molecular formula is C33H36ClF3N6O5S. The summed E-state index contributed by atoms with van der Waals surface area (Å²) in [5.41, 5.74) is 0.191. The number of ether oxygens (including phenoxy) is 1. The number of likely N-dealkylation sites (tertiary alicyclic amines) is 1. The number of hydrogen-bond donors (Lipinski definition) is 1. The Morgan fingerprint density at radius 2 is 1.61 bits per heavy atom. The van der Waals surface area contributed by atoms with Gasteiger partial charge in [0.25, 0.3) is 5.91 Å². The van der Waals surface area contributed by atoms with E-state index >= 15 is 0 Å². The summed E-state index contributed by atoms with van der Waals surface area (Å²) in [7, 11) is -3.91. The second-order valence-corrected chi connectivity index (χ2v) is 15.6. The number of benzene rings is 2. The number of carbonyl (C=O) groups excluding carboxylic acids is 2. The predicted octanol–water partition coefficient (Wildman–Crippen LogP) is 5.57. The fourth-order valence-corrected chi connectivity index (χ4v) is 7.88. The van der Waals surface area contributed by atoms with Crippen molar-refractivity contribution >= 4 is 50.8 Å². The first-order chi connectivity index (χ1) is 23.0. The number of rotatable bonds is 6. The highest BCUT2D eigenvalue weighted by Gasteiger charge is 2.49. The summed E-state index contributed by atoms with van der Waals surface area (Å²) in [4.78, 5) is 35.2. The SMILES string of the molecule is CC(C)(C)OC(=O)N1CC2CN(c3cccc(C(=O)Nc4ccc(S(=O)(=O)N5CCN(c6cc(C(F)(F)F)cc(Cl)n6)CC5)cc4)c3)CC21. The summed E-state index contributed by atoms with van der Waals surface area (Å²) in [6, 6.07) is 14.7. The molecule has 1 aromatic heterocycles. The van der Waals surface area contributed by atoms with Gasteiger partial charge in [0.05, 0.1) is 16.5 Å². The van der Waals surface area contributed by atoms with Crippen molar-refractivity contribution in [3.63, 3.8) is 0 Å². The van der Waals surface area contributed by atoms with Gasteiger partial charge in [0.2, 0.25) is 10.0 Å². The van der Waals surface area contributed by atoms with E-state index < -0.39 is 27.4 Å². The predicted molar refractivity (Wildman–Crippen MR) is 178 cm³/mol. The van der Waals surface area contributed by atoms with E-state index in [-0.39, 0.29) is 60.1 Å². The van der Waals surface area contributed by atoms with Crippen molar-refractivity contribution in [1.82, 2.24) is 14.2 Å². The number of hydrogen-bond acceptors (Lipinski definition) is 8. The molecule has 0 aliphatic carbocycles. The third-order valence-electron chi connectivity index (χ3n) is 8.76. The molecule has 2 aromatic carbocycles. The van der Waals surface area contributed by atoms with Crippen LogP contribution in [0.4, 0.5) is 35.2 Å². The van der Waals surface area contributed by atoms with Gasteiger partial charge in [0.1, 0.15) is 16.6 Å². The summed E-state index contributed by atoms with van der Waals surface area (Å²) in [5, 5.41) is 2.51.